The number of aromatic nitrogens is 3. The number of hydrogen-bond donors (Lipinski definition) is 0. The molecule has 3 heteroatoms. The van der Waals surface area contributed by atoms with E-state index in [1.54, 1.807) is 0 Å². The molecule has 0 saturated carbocycles. The predicted molar refractivity (Wildman–Crippen MR) is 274 cm³/mol. The molecule has 302 valence electrons. The normalized spacial score (nSPS) is 11.7. The van der Waals surface area contributed by atoms with E-state index in [9.17, 15) is 0 Å². The van der Waals surface area contributed by atoms with Crippen LogP contribution in [-0.2, 0) is 0 Å². The lowest BCUT2D eigenvalue weighted by Crippen LogP contribution is -1.96. The smallest absolute Gasteiger partial charge is 0.160 e. The Morgan fingerprint density at radius 3 is 1.63 bits per heavy atom. The molecule has 0 aliphatic heterocycles. The molecule has 0 radical (unpaired) electrons. The van der Waals surface area contributed by atoms with Crippen LogP contribution in [0.3, 0.4) is 0 Å². The van der Waals surface area contributed by atoms with Gasteiger partial charge in [-0.25, -0.2) is 9.97 Å². The molecule has 0 bridgehead atoms. The van der Waals surface area contributed by atoms with Gasteiger partial charge in [-0.05, 0) is 108 Å². The van der Waals surface area contributed by atoms with Crippen molar-refractivity contribution in [2.24, 2.45) is 0 Å². The van der Waals surface area contributed by atoms with E-state index in [1.165, 1.54) is 87.1 Å². The van der Waals surface area contributed by atoms with Crippen molar-refractivity contribution in [1.29, 1.82) is 0 Å². The summed E-state index contributed by atoms with van der Waals surface area (Å²) >= 11 is 0. The maximum absolute atomic E-state index is 5.26. The molecule has 13 rings (SSSR count). The number of benzene rings is 11. The Morgan fingerprint density at radius 1 is 0.277 bits per heavy atom. The Hall–Kier alpha value is -8.66. The zero-order valence-corrected chi connectivity index (χ0v) is 35.4. The molecule has 13 aromatic rings. The molecule has 0 spiro atoms. The number of nitrogens with zero attached hydrogens (tertiary/aromatic N) is 3. The SMILES string of the molecule is c1ccc(-c2ccc(-c3cc(-c4ccc5c(c4)c4ccccc4c4cccc(-c6ccc7c(c6)c6ccccc6n7-c6ccc7ccccc7c6)c45)nc(-c4ccccc4)n3)cc2)cc1. The second kappa shape index (κ2) is 15.0. The van der Waals surface area contributed by atoms with E-state index < -0.39 is 0 Å². The van der Waals surface area contributed by atoms with Gasteiger partial charge < -0.3 is 4.57 Å². The Balaban J connectivity index is 0.990. The summed E-state index contributed by atoms with van der Waals surface area (Å²) in [5, 5.41) is 12.3. The zero-order chi connectivity index (χ0) is 42.8. The Morgan fingerprint density at radius 2 is 0.831 bits per heavy atom. The second-order valence-corrected chi connectivity index (χ2v) is 16.9. The van der Waals surface area contributed by atoms with E-state index in [-0.39, 0.29) is 0 Å². The first-order valence-electron chi connectivity index (χ1n) is 22.2. The summed E-state index contributed by atoms with van der Waals surface area (Å²) in [5.41, 5.74) is 13.2. The summed E-state index contributed by atoms with van der Waals surface area (Å²) in [6.07, 6.45) is 0. The van der Waals surface area contributed by atoms with Crippen molar-refractivity contribution in [2.45, 2.75) is 0 Å². The van der Waals surface area contributed by atoms with Gasteiger partial charge in [0.2, 0.25) is 0 Å². The fraction of sp³-hybridized carbons (Fsp3) is 0. The van der Waals surface area contributed by atoms with Crippen LogP contribution < -0.4 is 0 Å². The first-order chi connectivity index (χ1) is 32.2. The van der Waals surface area contributed by atoms with Crippen molar-refractivity contribution in [3.05, 3.63) is 237 Å². The molecule has 3 nitrogen and oxygen atoms in total. The third kappa shape index (κ3) is 6.20. The zero-order valence-electron chi connectivity index (χ0n) is 35.4. The van der Waals surface area contributed by atoms with Crippen LogP contribution in [0.2, 0.25) is 0 Å². The van der Waals surface area contributed by atoms with E-state index in [0.29, 0.717) is 5.82 Å². The molecule has 0 aliphatic rings. The minimum atomic E-state index is 0.702. The molecule has 0 unspecified atom stereocenters. The molecule has 65 heavy (non-hydrogen) atoms. The molecule has 11 aromatic carbocycles. The number of para-hydroxylation sites is 1. The Bertz CT molecular complexity index is 3980. The summed E-state index contributed by atoms with van der Waals surface area (Å²) in [5.74, 6) is 0.702. The van der Waals surface area contributed by atoms with Crippen LogP contribution in [0.15, 0.2) is 237 Å². The number of rotatable bonds is 6. The van der Waals surface area contributed by atoms with Crippen LogP contribution >= 0.6 is 0 Å². The number of hydrogen-bond acceptors (Lipinski definition) is 2. The van der Waals surface area contributed by atoms with Gasteiger partial charge >= 0.3 is 0 Å². The second-order valence-electron chi connectivity index (χ2n) is 16.9. The maximum Gasteiger partial charge on any atom is 0.160 e. The lowest BCUT2D eigenvalue weighted by atomic mass is 9.88. The van der Waals surface area contributed by atoms with E-state index >= 15 is 0 Å². The largest absolute Gasteiger partial charge is 0.309 e. The van der Waals surface area contributed by atoms with Crippen molar-refractivity contribution in [2.75, 3.05) is 0 Å². The quantitative estimate of drug-likeness (QED) is 0.156. The summed E-state index contributed by atoms with van der Waals surface area (Å²) in [6, 6.07) is 85.3. The van der Waals surface area contributed by atoms with Crippen LogP contribution in [0.5, 0.6) is 0 Å². The van der Waals surface area contributed by atoms with Gasteiger partial charge in [0.25, 0.3) is 0 Å². The highest BCUT2D eigenvalue weighted by molar-refractivity contribution is 6.29. The fourth-order valence-corrected chi connectivity index (χ4v) is 10.1. The lowest BCUT2D eigenvalue weighted by molar-refractivity contribution is 1.18. The van der Waals surface area contributed by atoms with Gasteiger partial charge in [0.15, 0.2) is 5.82 Å². The molecule has 0 N–H and O–H groups in total. The highest BCUT2D eigenvalue weighted by atomic mass is 15.0. The lowest BCUT2D eigenvalue weighted by Gasteiger charge is -2.16. The van der Waals surface area contributed by atoms with Gasteiger partial charge in [0.1, 0.15) is 0 Å². The van der Waals surface area contributed by atoms with Gasteiger partial charge in [0.05, 0.1) is 22.4 Å². The van der Waals surface area contributed by atoms with E-state index in [0.717, 1.165) is 33.8 Å². The Kier molecular flexibility index (Phi) is 8.53. The molecular formula is C62H39N3. The van der Waals surface area contributed by atoms with Crippen molar-refractivity contribution < 1.29 is 0 Å². The molecule has 0 saturated heterocycles. The maximum atomic E-state index is 5.26. The number of fused-ring (bicyclic) bond motifs is 10. The van der Waals surface area contributed by atoms with Crippen LogP contribution in [0, 0.1) is 0 Å². The predicted octanol–water partition coefficient (Wildman–Crippen LogP) is 16.5. The fourth-order valence-electron chi connectivity index (χ4n) is 10.1. The van der Waals surface area contributed by atoms with Crippen LogP contribution in [0.25, 0.3) is 127 Å². The average Bonchev–Trinajstić information content (AvgIpc) is 3.72. The Labute approximate surface area is 376 Å². The molecule has 0 fully saturated rings. The van der Waals surface area contributed by atoms with E-state index in [1.807, 2.05) is 18.2 Å². The highest BCUT2D eigenvalue weighted by Crippen LogP contribution is 2.43. The first-order valence-corrected chi connectivity index (χ1v) is 22.2. The third-order valence-corrected chi connectivity index (χ3v) is 13.2. The molecule has 0 atom stereocenters. The van der Waals surface area contributed by atoms with Crippen molar-refractivity contribution in [3.63, 3.8) is 0 Å². The molecule has 0 amide bonds. The van der Waals surface area contributed by atoms with Crippen LogP contribution in [0.4, 0.5) is 0 Å². The molecular weight excluding hydrogens is 787 g/mol. The average molecular weight is 826 g/mol. The van der Waals surface area contributed by atoms with Gasteiger partial charge in [0, 0.05) is 33.2 Å². The summed E-state index contributed by atoms with van der Waals surface area (Å²) in [4.78, 5) is 10.4. The standard InChI is InChI=1S/C62H39N3/c1-3-14-40(15-4-1)42-26-28-43(29-27-42)57-39-58(64-62(63-57)44-17-5-2-6-18-44)47-31-34-54-55(38-47)51-21-10-9-20-50(51)53-24-13-23-49(61(53)54)46-32-35-60-56(37-46)52-22-11-12-25-59(52)65(60)48-33-30-41-16-7-8-19-45(41)36-48/h1-39H. The minimum absolute atomic E-state index is 0.702. The molecule has 2 heterocycles. The molecule has 2 aromatic heterocycles. The highest BCUT2D eigenvalue weighted by Gasteiger charge is 2.18. The van der Waals surface area contributed by atoms with Gasteiger partial charge in [-0.1, -0.05) is 194 Å². The van der Waals surface area contributed by atoms with Crippen molar-refractivity contribution in [3.8, 4) is 61.8 Å². The van der Waals surface area contributed by atoms with Crippen molar-refractivity contribution >= 4 is 64.9 Å². The van der Waals surface area contributed by atoms with Crippen LogP contribution in [0.1, 0.15) is 0 Å². The summed E-state index contributed by atoms with van der Waals surface area (Å²) < 4.78 is 2.41. The van der Waals surface area contributed by atoms with Crippen molar-refractivity contribution in [1.82, 2.24) is 14.5 Å². The monoisotopic (exact) mass is 825 g/mol. The summed E-state index contributed by atoms with van der Waals surface area (Å²) in [7, 11) is 0. The minimum Gasteiger partial charge on any atom is -0.309 e. The topological polar surface area (TPSA) is 30.7 Å². The van der Waals surface area contributed by atoms with Gasteiger partial charge in [-0.15, -0.1) is 0 Å². The van der Waals surface area contributed by atoms with E-state index in [2.05, 4.69) is 223 Å². The summed E-state index contributed by atoms with van der Waals surface area (Å²) in [6.45, 7) is 0. The van der Waals surface area contributed by atoms with Crippen LogP contribution in [-0.4, -0.2) is 14.5 Å². The molecule has 0 aliphatic carbocycles. The van der Waals surface area contributed by atoms with Gasteiger partial charge in [-0.2, -0.15) is 0 Å². The third-order valence-electron chi connectivity index (χ3n) is 13.2. The first kappa shape index (κ1) is 36.9. The van der Waals surface area contributed by atoms with Gasteiger partial charge in [-0.3, -0.25) is 0 Å². The van der Waals surface area contributed by atoms with E-state index in [4.69, 9.17) is 9.97 Å².